The molecular weight excluding hydrogens is 350 g/mol. The molecule has 0 aliphatic heterocycles. The van der Waals surface area contributed by atoms with Crippen LogP contribution in [0.15, 0.2) is 12.3 Å². The van der Waals surface area contributed by atoms with Crippen LogP contribution in [0.1, 0.15) is 65.3 Å². The van der Waals surface area contributed by atoms with Crippen LogP contribution in [-0.4, -0.2) is 34.6 Å². The molecule has 0 atom stereocenters. The Hall–Kier alpha value is -2.37. The highest BCUT2D eigenvalue weighted by atomic mass is 16.5. The maximum Gasteiger partial charge on any atom is 0.148 e. The Labute approximate surface area is 169 Å². The SMILES string of the molecule is CCCOc1cc(NC)ncc1-c1nc(CC)c(NC(CC)CC)nc1CC. The molecule has 2 heterocycles. The molecule has 0 saturated carbocycles. The first-order valence-corrected chi connectivity index (χ1v) is 10.6. The van der Waals surface area contributed by atoms with E-state index >= 15 is 0 Å². The summed E-state index contributed by atoms with van der Waals surface area (Å²) in [6.07, 6.45) is 6.53. The summed E-state index contributed by atoms with van der Waals surface area (Å²) < 4.78 is 6.02. The van der Waals surface area contributed by atoms with Gasteiger partial charge in [-0.2, -0.15) is 0 Å². The molecule has 28 heavy (non-hydrogen) atoms. The van der Waals surface area contributed by atoms with Gasteiger partial charge in [-0.25, -0.2) is 15.0 Å². The molecule has 6 nitrogen and oxygen atoms in total. The van der Waals surface area contributed by atoms with E-state index < -0.39 is 0 Å². The molecule has 0 spiro atoms. The average molecular weight is 386 g/mol. The number of aromatic nitrogens is 3. The first-order valence-electron chi connectivity index (χ1n) is 10.6. The molecule has 6 heteroatoms. The second kappa shape index (κ2) is 10.8. The fourth-order valence-corrected chi connectivity index (χ4v) is 3.10. The maximum absolute atomic E-state index is 6.02. The summed E-state index contributed by atoms with van der Waals surface area (Å²) in [4.78, 5) is 14.5. The number of hydrogen-bond acceptors (Lipinski definition) is 6. The van der Waals surface area contributed by atoms with Crippen LogP contribution in [0.25, 0.3) is 11.3 Å². The van der Waals surface area contributed by atoms with E-state index in [4.69, 9.17) is 14.7 Å². The summed E-state index contributed by atoms with van der Waals surface area (Å²) in [5.41, 5.74) is 3.72. The Kier molecular flexibility index (Phi) is 8.48. The number of aryl methyl sites for hydroxylation is 2. The summed E-state index contributed by atoms with van der Waals surface area (Å²) >= 11 is 0. The molecule has 2 aromatic rings. The third-order valence-electron chi connectivity index (χ3n) is 4.88. The third-order valence-corrected chi connectivity index (χ3v) is 4.88. The van der Waals surface area contributed by atoms with Crippen molar-refractivity contribution in [1.29, 1.82) is 0 Å². The van der Waals surface area contributed by atoms with Crippen LogP contribution in [-0.2, 0) is 12.8 Å². The van der Waals surface area contributed by atoms with Gasteiger partial charge in [0.15, 0.2) is 0 Å². The zero-order valence-electron chi connectivity index (χ0n) is 18.2. The highest BCUT2D eigenvalue weighted by molar-refractivity contribution is 5.71. The van der Waals surface area contributed by atoms with E-state index in [9.17, 15) is 0 Å². The van der Waals surface area contributed by atoms with Crippen LogP contribution in [0.5, 0.6) is 5.75 Å². The van der Waals surface area contributed by atoms with Gasteiger partial charge in [-0.1, -0.05) is 34.6 Å². The fraction of sp³-hybridized carbons (Fsp3) is 0.591. The van der Waals surface area contributed by atoms with Crippen molar-refractivity contribution < 1.29 is 4.74 Å². The minimum absolute atomic E-state index is 0.412. The van der Waals surface area contributed by atoms with Crippen LogP contribution in [0.4, 0.5) is 11.6 Å². The molecule has 0 unspecified atom stereocenters. The number of rotatable bonds is 11. The predicted octanol–water partition coefficient (Wildman–Crippen LogP) is 5.09. The van der Waals surface area contributed by atoms with E-state index in [1.54, 1.807) is 0 Å². The molecule has 2 aromatic heterocycles. The Morgan fingerprint density at radius 3 is 2.29 bits per heavy atom. The molecule has 2 rings (SSSR count). The molecule has 0 fully saturated rings. The number of ether oxygens (including phenoxy) is 1. The summed E-state index contributed by atoms with van der Waals surface area (Å²) in [6.45, 7) is 11.4. The molecule has 0 aromatic carbocycles. The second-order valence-corrected chi connectivity index (χ2v) is 6.84. The molecule has 0 bridgehead atoms. The molecule has 154 valence electrons. The van der Waals surface area contributed by atoms with Gasteiger partial charge in [-0.15, -0.1) is 0 Å². The average Bonchev–Trinajstić information content (AvgIpc) is 2.75. The van der Waals surface area contributed by atoms with Crippen molar-refractivity contribution in [1.82, 2.24) is 15.0 Å². The number of hydrogen-bond donors (Lipinski definition) is 2. The summed E-state index contributed by atoms with van der Waals surface area (Å²) in [5.74, 6) is 2.49. The van der Waals surface area contributed by atoms with Crippen molar-refractivity contribution in [3.63, 3.8) is 0 Å². The lowest BCUT2D eigenvalue weighted by Gasteiger charge is -2.20. The summed E-state index contributed by atoms with van der Waals surface area (Å²) in [5, 5.41) is 6.67. The number of nitrogens with one attached hydrogen (secondary N) is 2. The number of pyridine rings is 1. The van der Waals surface area contributed by atoms with Gasteiger partial charge in [0.1, 0.15) is 17.4 Å². The van der Waals surface area contributed by atoms with Crippen molar-refractivity contribution >= 4 is 11.6 Å². The normalized spacial score (nSPS) is 11.0. The highest BCUT2D eigenvalue weighted by Crippen LogP contribution is 2.33. The lowest BCUT2D eigenvalue weighted by Crippen LogP contribution is -2.20. The van der Waals surface area contributed by atoms with E-state index in [2.05, 4.69) is 50.2 Å². The first-order chi connectivity index (χ1) is 13.6. The molecule has 2 N–H and O–H groups in total. The summed E-state index contributed by atoms with van der Waals surface area (Å²) in [6, 6.07) is 2.35. The van der Waals surface area contributed by atoms with Crippen molar-refractivity contribution in [2.75, 3.05) is 24.3 Å². The smallest absolute Gasteiger partial charge is 0.148 e. The van der Waals surface area contributed by atoms with Crippen LogP contribution in [0.2, 0.25) is 0 Å². The largest absolute Gasteiger partial charge is 0.493 e. The van der Waals surface area contributed by atoms with Gasteiger partial charge in [0.25, 0.3) is 0 Å². The van der Waals surface area contributed by atoms with Crippen molar-refractivity contribution in [2.45, 2.75) is 72.8 Å². The van der Waals surface area contributed by atoms with Crippen molar-refractivity contribution in [3.05, 3.63) is 23.7 Å². The zero-order chi connectivity index (χ0) is 20.5. The molecule has 0 amide bonds. The number of nitrogens with zero attached hydrogens (tertiary/aromatic N) is 3. The zero-order valence-corrected chi connectivity index (χ0v) is 18.2. The Bertz CT molecular complexity index is 759. The van der Waals surface area contributed by atoms with Crippen LogP contribution in [0, 0.1) is 0 Å². The van der Waals surface area contributed by atoms with Crippen LogP contribution in [0.3, 0.4) is 0 Å². The van der Waals surface area contributed by atoms with Gasteiger partial charge in [0.05, 0.1) is 29.3 Å². The lowest BCUT2D eigenvalue weighted by atomic mass is 10.1. The monoisotopic (exact) mass is 385 g/mol. The van der Waals surface area contributed by atoms with Gasteiger partial charge in [0, 0.05) is 25.4 Å². The van der Waals surface area contributed by atoms with E-state index in [0.29, 0.717) is 12.6 Å². The Morgan fingerprint density at radius 2 is 1.71 bits per heavy atom. The highest BCUT2D eigenvalue weighted by Gasteiger charge is 2.19. The molecule has 0 aliphatic carbocycles. The third kappa shape index (κ3) is 5.12. The summed E-state index contributed by atoms with van der Waals surface area (Å²) in [7, 11) is 1.86. The Balaban J connectivity index is 2.55. The van der Waals surface area contributed by atoms with E-state index in [1.807, 2.05) is 19.3 Å². The lowest BCUT2D eigenvalue weighted by molar-refractivity contribution is 0.318. The van der Waals surface area contributed by atoms with Gasteiger partial charge in [-0.05, 0) is 32.1 Å². The maximum atomic E-state index is 6.02. The van der Waals surface area contributed by atoms with Crippen LogP contribution >= 0.6 is 0 Å². The first kappa shape index (κ1) is 21.9. The minimum Gasteiger partial charge on any atom is -0.493 e. The number of anilines is 2. The predicted molar refractivity (Wildman–Crippen MR) is 117 cm³/mol. The second-order valence-electron chi connectivity index (χ2n) is 6.84. The molecule has 0 radical (unpaired) electrons. The van der Waals surface area contributed by atoms with E-state index in [-0.39, 0.29) is 0 Å². The van der Waals surface area contributed by atoms with Gasteiger partial charge in [-0.3, -0.25) is 0 Å². The van der Waals surface area contributed by atoms with Gasteiger partial charge in [0.2, 0.25) is 0 Å². The van der Waals surface area contributed by atoms with E-state index in [1.165, 1.54) is 0 Å². The van der Waals surface area contributed by atoms with Gasteiger partial charge < -0.3 is 15.4 Å². The van der Waals surface area contributed by atoms with Crippen LogP contribution < -0.4 is 15.4 Å². The molecular formula is C22H35N5O. The molecule has 0 saturated heterocycles. The minimum atomic E-state index is 0.412. The van der Waals surface area contributed by atoms with Crippen molar-refractivity contribution in [2.24, 2.45) is 0 Å². The molecule has 0 aliphatic rings. The standard InChI is InChI=1S/C22H35N5O/c1-7-12-28-19-13-20(23-6)24-14-16(19)21-17(10-4)27-22(18(11-5)26-21)25-15(8-2)9-3/h13-15H,7-12H2,1-6H3,(H,23,24)(H,25,27). The fourth-order valence-electron chi connectivity index (χ4n) is 3.10. The quantitative estimate of drug-likeness (QED) is 0.561. The Morgan fingerprint density at radius 1 is 1.00 bits per heavy atom. The van der Waals surface area contributed by atoms with Crippen molar-refractivity contribution in [3.8, 4) is 17.0 Å². The topological polar surface area (TPSA) is 72.0 Å². The van der Waals surface area contributed by atoms with E-state index in [0.717, 1.165) is 72.1 Å². The van der Waals surface area contributed by atoms with Gasteiger partial charge >= 0.3 is 0 Å².